The Bertz CT molecular complexity index is 531. The van der Waals surface area contributed by atoms with Crippen molar-refractivity contribution in [3.05, 3.63) is 42.5 Å². The van der Waals surface area contributed by atoms with Crippen molar-refractivity contribution < 1.29 is 9.41 Å². The van der Waals surface area contributed by atoms with E-state index in [0.717, 1.165) is 11.3 Å². The number of aromatic nitrogens is 3. The van der Waals surface area contributed by atoms with E-state index in [9.17, 15) is 0 Å². The van der Waals surface area contributed by atoms with Gasteiger partial charge >= 0.3 is 0 Å². The van der Waals surface area contributed by atoms with Gasteiger partial charge in [-0.1, -0.05) is 17.2 Å². The van der Waals surface area contributed by atoms with E-state index in [4.69, 9.17) is 10.5 Å². The quantitative estimate of drug-likeness (QED) is 0.475. The number of nitrogens with one attached hydrogen (secondary N) is 1. The highest BCUT2D eigenvalue weighted by molar-refractivity contribution is 5.81. The molecule has 0 aliphatic rings. The second kappa shape index (κ2) is 5.99. The highest BCUT2D eigenvalue weighted by Crippen LogP contribution is 2.14. The van der Waals surface area contributed by atoms with Crippen molar-refractivity contribution in [2.45, 2.75) is 26.4 Å². The van der Waals surface area contributed by atoms with E-state index in [2.05, 4.69) is 15.3 Å². The summed E-state index contributed by atoms with van der Waals surface area (Å²) >= 11 is 0. The zero-order chi connectivity index (χ0) is 13.7. The average Bonchev–Trinajstić information content (AvgIpc) is 2.83. The molecule has 0 fully saturated rings. The highest BCUT2D eigenvalue weighted by Gasteiger charge is 2.02. The summed E-state index contributed by atoms with van der Waals surface area (Å²) in [6, 6.07) is 7.85. The van der Waals surface area contributed by atoms with E-state index in [-0.39, 0.29) is 6.10 Å². The van der Waals surface area contributed by atoms with E-state index in [1.807, 2.05) is 38.1 Å². The van der Waals surface area contributed by atoms with Crippen LogP contribution in [0.4, 0.5) is 0 Å². The first kappa shape index (κ1) is 13.1. The first-order chi connectivity index (χ1) is 9.13. The predicted molar refractivity (Wildman–Crippen MR) is 71.7 cm³/mol. The molecular formula is C13H18N5O+. The second-order valence-corrected chi connectivity index (χ2v) is 4.46. The van der Waals surface area contributed by atoms with Crippen LogP contribution in [-0.4, -0.2) is 22.1 Å². The van der Waals surface area contributed by atoms with E-state index >= 15 is 0 Å². The van der Waals surface area contributed by atoms with Gasteiger partial charge in [-0.15, -0.1) is 9.77 Å². The first-order valence-electron chi connectivity index (χ1n) is 6.12. The third-order valence-electron chi connectivity index (χ3n) is 2.36. The SMILES string of the molecule is CC(C)Oc1ccc(CC(N)=N[n+]2cn[nH]c2)cc1. The van der Waals surface area contributed by atoms with E-state index < -0.39 is 0 Å². The van der Waals surface area contributed by atoms with E-state index in [0.29, 0.717) is 12.3 Å². The maximum absolute atomic E-state index is 5.87. The normalized spacial score (nSPS) is 11.8. The fourth-order valence-electron chi connectivity index (χ4n) is 1.62. The van der Waals surface area contributed by atoms with Crippen LogP contribution in [0.15, 0.2) is 42.0 Å². The maximum atomic E-state index is 5.87. The summed E-state index contributed by atoms with van der Waals surface area (Å²) in [5.41, 5.74) is 6.96. The standard InChI is InChI=1S/C13H17N5O/c1-10(2)19-12-5-3-11(4-6-12)7-13(14)17-18-8-15-16-9-18/h3-6,8-10H,7H2,1-2H3,(H2,14,17)/p+1. The van der Waals surface area contributed by atoms with Gasteiger partial charge in [0.05, 0.1) is 6.10 Å². The number of hydrogen-bond acceptors (Lipinski definition) is 3. The Morgan fingerprint density at radius 3 is 2.74 bits per heavy atom. The van der Waals surface area contributed by atoms with Crippen molar-refractivity contribution in [2.24, 2.45) is 10.8 Å². The van der Waals surface area contributed by atoms with E-state index in [1.165, 1.54) is 4.68 Å². The molecule has 0 aliphatic heterocycles. The van der Waals surface area contributed by atoms with Crippen LogP contribution >= 0.6 is 0 Å². The van der Waals surface area contributed by atoms with Crippen LogP contribution < -0.4 is 15.1 Å². The Balaban J connectivity index is 1.99. The molecule has 100 valence electrons. The molecule has 2 rings (SSSR count). The minimum atomic E-state index is 0.176. The number of rotatable bonds is 5. The highest BCUT2D eigenvalue weighted by atomic mass is 16.5. The van der Waals surface area contributed by atoms with Crippen molar-refractivity contribution in [3.8, 4) is 5.75 Å². The lowest BCUT2D eigenvalue weighted by molar-refractivity contribution is -0.679. The number of hydrogen-bond donors (Lipinski definition) is 2. The van der Waals surface area contributed by atoms with E-state index in [1.54, 1.807) is 12.7 Å². The monoisotopic (exact) mass is 260 g/mol. The van der Waals surface area contributed by atoms with Crippen molar-refractivity contribution >= 4 is 5.84 Å². The Kier molecular flexibility index (Phi) is 4.12. The lowest BCUT2D eigenvalue weighted by Gasteiger charge is -2.09. The van der Waals surface area contributed by atoms with Gasteiger partial charge in [0.1, 0.15) is 11.6 Å². The fourth-order valence-corrected chi connectivity index (χ4v) is 1.62. The Hall–Kier alpha value is -2.37. The van der Waals surface area contributed by atoms with Gasteiger partial charge in [0, 0.05) is 11.5 Å². The Labute approximate surface area is 111 Å². The third-order valence-corrected chi connectivity index (χ3v) is 2.36. The number of amidine groups is 1. The van der Waals surface area contributed by atoms with Crippen LogP contribution in [0.25, 0.3) is 0 Å². The van der Waals surface area contributed by atoms with Gasteiger partial charge in [-0.25, -0.2) is 0 Å². The molecule has 6 nitrogen and oxygen atoms in total. The van der Waals surface area contributed by atoms with Crippen LogP contribution in [-0.2, 0) is 6.42 Å². The molecule has 0 bridgehead atoms. The lowest BCUT2D eigenvalue weighted by atomic mass is 10.1. The molecule has 0 unspecified atom stereocenters. The zero-order valence-corrected chi connectivity index (χ0v) is 11.1. The number of ether oxygens (including phenoxy) is 1. The number of aromatic amines is 1. The van der Waals surface area contributed by atoms with Gasteiger partial charge in [0.2, 0.25) is 6.33 Å². The van der Waals surface area contributed by atoms with Gasteiger partial charge in [-0.3, -0.25) is 0 Å². The van der Waals surface area contributed by atoms with Crippen molar-refractivity contribution in [3.63, 3.8) is 0 Å². The molecule has 0 spiro atoms. The number of nitrogens with two attached hydrogens (primary N) is 1. The van der Waals surface area contributed by atoms with Crippen molar-refractivity contribution in [1.29, 1.82) is 0 Å². The van der Waals surface area contributed by atoms with Gasteiger partial charge in [0.25, 0.3) is 6.33 Å². The van der Waals surface area contributed by atoms with Crippen LogP contribution in [0.2, 0.25) is 0 Å². The Morgan fingerprint density at radius 2 is 2.16 bits per heavy atom. The van der Waals surface area contributed by atoms with Gasteiger partial charge in [-0.2, -0.15) is 0 Å². The molecule has 0 saturated carbocycles. The van der Waals surface area contributed by atoms with Gasteiger partial charge < -0.3 is 10.5 Å². The van der Waals surface area contributed by atoms with Crippen LogP contribution in [0, 0.1) is 0 Å². The topological polar surface area (TPSA) is 80.2 Å². The number of H-pyrrole nitrogens is 1. The largest absolute Gasteiger partial charge is 0.491 e. The molecule has 19 heavy (non-hydrogen) atoms. The number of nitrogens with zero attached hydrogens (tertiary/aromatic N) is 3. The molecule has 0 aliphatic carbocycles. The summed E-state index contributed by atoms with van der Waals surface area (Å²) in [6.45, 7) is 4.00. The summed E-state index contributed by atoms with van der Waals surface area (Å²) in [5.74, 6) is 1.38. The molecule has 0 radical (unpaired) electrons. The predicted octanol–water partition coefficient (Wildman–Crippen LogP) is 0.847. The molecule has 0 amide bonds. The fraction of sp³-hybridized carbons (Fsp3) is 0.308. The second-order valence-electron chi connectivity index (χ2n) is 4.46. The summed E-state index contributed by atoms with van der Waals surface area (Å²) < 4.78 is 7.11. The third kappa shape index (κ3) is 4.09. The molecular weight excluding hydrogens is 242 g/mol. The van der Waals surface area contributed by atoms with Crippen LogP contribution in [0.5, 0.6) is 5.75 Å². The molecule has 0 saturated heterocycles. The minimum Gasteiger partial charge on any atom is -0.491 e. The molecule has 2 aromatic rings. The average molecular weight is 260 g/mol. The van der Waals surface area contributed by atoms with Crippen LogP contribution in [0.1, 0.15) is 19.4 Å². The minimum absolute atomic E-state index is 0.176. The molecule has 6 heteroatoms. The smallest absolute Gasteiger partial charge is 0.288 e. The summed E-state index contributed by atoms with van der Waals surface area (Å²) in [6.07, 6.45) is 3.92. The van der Waals surface area contributed by atoms with Crippen LogP contribution in [0.3, 0.4) is 0 Å². The zero-order valence-electron chi connectivity index (χ0n) is 11.1. The maximum Gasteiger partial charge on any atom is 0.288 e. The molecule has 1 heterocycles. The molecule has 1 aromatic carbocycles. The van der Waals surface area contributed by atoms with Crippen molar-refractivity contribution in [2.75, 3.05) is 0 Å². The lowest BCUT2D eigenvalue weighted by Crippen LogP contribution is -2.30. The molecule has 1 aromatic heterocycles. The summed E-state index contributed by atoms with van der Waals surface area (Å²) in [7, 11) is 0. The molecule has 3 N–H and O–H groups in total. The first-order valence-corrected chi connectivity index (χ1v) is 6.12. The summed E-state index contributed by atoms with van der Waals surface area (Å²) in [4.78, 5) is 0. The summed E-state index contributed by atoms with van der Waals surface area (Å²) in [5, 5.41) is 10.6. The van der Waals surface area contributed by atoms with Gasteiger partial charge in [-0.05, 0) is 31.5 Å². The van der Waals surface area contributed by atoms with Gasteiger partial charge in [0.15, 0.2) is 0 Å². The molecule has 0 atom stereocenters. The Morgan fingerprint density at radius 1 is 1.42 bits per heavy atom. The number of benzene rings is 1. The van der Waals surface area contributed by atoms with Crippen molar-refractivity contribution in [1.82, 2.24) is 10.2 Å².